The summed E-state index contributed by atoms with van der Waals surface area (Å²) in [6, 6.07) is 0.510. The van der Waals surface area contributed by atoms with Gasteiger partial charge in [0.15, 0.2) is 0 Å². The molecule has 72 valence electrons. The number of hydrogen-bond acceptors (Lipinski definition) is 2. The van der Waals surface area contributed by atoms with E-state index in [4.69, 9.17) is 4.74 Å². The van der Waals surface area contributed by atoms with Gasteiger partial charge >= 0.3 is 0 Å². The molecule has 0 aromatic rings. The van der Waals surface area contributed by atoms with Crippen molar-refractivity contribution in [1.29, 1.82) is 0 Å². The minimum Gasteiger partial charge on any atom is -0.377 e. The SMILES string of the molecule is CCCNC(C)C1(OC)CCC1. The van der Waals surface area contributed by atoms with Crippen molar-refractivity contribution >= 4 is 0 Å². The maximum atomic E-state index is 5.57. The van der Waals surface area contributed by atoms with Crippen LogP contribution in [0.25, 0.3) is 0 Å². The zero-order chi connectivity index (χ0) is 9.03. The van der Waals surface area contributed by atoms with Crippen LogP contribution >= 0.6 is 0 Å². The average Bonchev–Trinajstić information content (AvgIpc) is 2.00. The Morgan fingerprint density at radius 3 is 2.50 bits per heavy atom. The third-order valence-corrected chi connectivity index (χ3v) is 3.10. The fourth-order valence-corrected chi connectivity index (χ4v) is 1.89. The van der Waals surface area contributed by atoms with Gasteiger partial charge in [0.05, 0.1) is 5.60 Å². The minimum absolute atomic E-state index is 0.162. The molecule has 0 spiro atoms. The lowest BCUT2D eigenvalue weighted by atomic mass is 9.75. The van der Waals surface area contributed by atoms with Crippen LogP contribution in [-0.4, -0.2) is 25.3 Å². The molecule has 1 aliphatic rings. The van der Waals surface area contributed by atoms with E-state index in [2.05, 4.69) is 19.2 Å². The van der Waals surface area contributed by atoms with Crippen molar-refractivity contribution in [2.75, 3.05) is 13.7 Å². The quantitative estimate of drug-likeness (QED) is 0.682. The van der Waals surface area contributed by atoms with Crippen molar-refractivity contribution in [3.8, 4) is 0 Å². The summed E-state index contributed by atoms with van der Waals surface area (Å²) < 4.78 is 5.57. The first-order chi connectivity index (χ1) is 5.75. The average molecular weight is 171 g/mol. The Morgan fingerprint density at radius 2 is 2.17 bits per heavy atom. The van der Waals surface area contributed by atoms with Crippen LogP contribution in [0.4, 0.5) is 0 Å². The van der Waals surface area contributed by atoms with E-state index in [1.54, 1.807) is 0 Å². The predicted octanol–water partition coefficient (Wildman–Crippen LogP) is 1.94. The van der Waals surface area contributed by atoms with Gasteiger partial charge < -0.3 is 10.1 Å². The van der Waals surface area contributed by atoms with Crippen LogP contribution in [0.1, 0.15) is 39.5 Å². The van der Waals surface area contributed by atoms with E-state index in [-0.39, 0.29) is 5.60 Å². The minimum atomic E-state index is 0.162. The van der Waals surface area contributed by atoms with Gasteiger partial charge in [-0.2, -0.15) is 0 Å². The molecule has 1 rings (SSSR count). The Balaban J connectivity index is 2.32. The Morgan fingerprint density at radius 1 is 1.50 bits per heavy atom. The number of rotatable bonds is 5. The molecular formula is C10H21NO. The summed E-state index contributed by atoms with van der Waals surface area (Å²) in [5.41, 5.74) is 0.162. The fraction of sp³-hybridized carbons (Fsp3) is 1.00. The molecule has 0 aromatic heterocycles. The van der Waals surface area contributed by atoms with Gasteiger partial charge in [0, 0.05) is 13.2 Å². The van der Waals surface area contributed by atoms with E-state index in [9.17, 15) is 0 Å². The molecule has 0 aromatic carbocycles. The second kappa shape index (κ2) is 4.24. The maximum absolute atomic E-state index is 5.57. The summed E-state index contributed by atoms with van der Waals surface area (Å²) in [6.45, 7) is 5.53. The molecule has 0 bridgehead atoms. The number of methoxy groups -OCH3 is 1. The Hall–Kier alpha value is -0.0800. The van der Waals surface area contributed by atoms with Crippen LogP contribution in [0.3, 0.4) is 0 Å². The molecule has 1 aliphatic carbocycles. The topological polar surface area (TPSA) is 21.3 Å². The van der Waals surface area contributed by atoms with E-state index in [0.717, 1.165) is 6.54 Å². The zero-order valence-corrected chi connectivity index (χ0v) is 8.52. The Bertz CT molecular complexity index is 126. The smallest absolute Gasteiger partial charge is 0.0828 e. The second-order valence-corrected chi connectivity index (χ2v) is 3.80. The predicted molar refractivity (Wildman–Crippen MR) is 51.3 cm³/mol. The van der Waals surface area contributed by atoms with Crippen LogP contribution in [-0.2, 0) is 4.74 Å². The zero-order valence-electron chi connectivity index (χ0n) is 8.52. The fourth-order valence-electron chi connectivity index (χ4n) is 1.89. The van der Waals surface area contributed by atoms with Crippen LogP contribution in [0.2, 0.25) is 0 Å². The summed E-state index contributed by atoms with van der Waals surface area (Å²) in [6.07, 6.45) is 4.97. The highest BCUT2D eigenvalue weighted by Gasteiger charge is 2.41. The van der Waals surface area contributed by atoms with Crippen molar-refractivity contribution in [2.24, 2.45) is 0 Å². The molecule has 1 N–H and O–H groups in total. The van der Waals surface area contributed by atoms with Crippen LogP contribution in [0.15, 0.2) is 0 Å². The van der Waals surface area contributed by atoms with E-state index in [1.807, 2.05) is 7.11 Å². The molecule has 1 atom stereocenters. The first-order valence-corrected chi connectivity index (χ1v) is 5.03. The summed E-state index contributed by atoms with van der Waals surface area (Å²) in [7, 11) is 1.84. The van der Waals surface area contributed by atoms with Gasteiger partial charge in [-0.25, -0.2) is 0 Å². The molecule has 0 heterocycles. The van der Waals surface area contributed by atoms with Gasteiger partial charge in [-0.1, -0.05) is 6.92 Å². The number of nitrogens with one attached hydrogen (secondary N) is 1. The monoisotopic (exact) mass is 171 g/mol. The highest BCUT2D eigenvalue weighted by molar-refractivity contribution is 4.97. The normalized spacial score (nSPS) is 23.2. The van der Waals surface area contributed by atoms with Gasteiger partial charge in [-0.05, 0) is 39.2 Å². The largest absolute Gasteiger partial charge is 0.377 e. The first kappa shape index (κ1) is 10.0. The van der Waals surface area contributed by atoms with Gasteiger partial charge in [0.25, 0.3) is 0 Å². The third-order valence-electron chi connectivity index (χ3n) is 3.10. The number of hydrogen-bond donors (Lipinski definition) is 1. The lowest BCUT2D eigenvalue weighted by molar-refractivity contribution is -0.0939. The number of ether oxygens (including phenoxy) is 1. The highest BCUT2D eigenvalue weighted by Crippen LogP contribution is 2.37. The van der Waals surface area contributed by atoms with Crippen LogP contribution in [0, 0.1) is 0 Å². The van der Waals surface area contributed by atoms with Crippen LogP contribution in [0.5, 0.6) is 0 Å². The van der Waals surface area contributed by atoms with E-state index < -0.39 is 0 Å². The summed E-state index contributed by atoms with van der Waals surface area (Å²) in [4.78, 5) is 0. The van der Waals surface area contributed by atoms with Crippen molar-refractivity contribution in [1.82, 2.24) is 5.32 Å². The second-order valence-electron chi connectivity index (χ2n) is 3.80. The molecule has 0 saturated heterocycles. The standard InChI is InChI=1S/C10H21NO/c1-4-8-11-9(2)10(12-3)6-5-7-10/h9,11H,4-8H2,1-3H3. The molecule has 0 aliphatic heterocycles. The summed E-state index contributed by atoms with van der Waals surface area (Å²) >= 11 is 0. The van der Waals surface area contributed by atoms with E-state index >= 15 is 0 Å². The lowest BCUT2D eigenvalue weighted by Crippen LogP contribution is -2.55. The molecule has 1 saturated carbocycles. The third kappa shape index (κ3) is 1.80. The molecule has 2 nitrogen and oxygen atoms in total. The maximum Gasteiger partial charge on any atom is 0.0828 e. The van der Waals surface area contributed by atoms with E-state index in [0.29, 0.717) is 6.04 Å². The highest BCUT2D eigenvalue weighted by atomic mass is 16.5. The van der Waals surface area contributed by atoms with Gasteiger partial charge in [0.2, 0.25) is 0 Å². The molecule has 1 unspecified atom stereocenters. The van der Waals surface area contributed by atoms with E-state index in [1.165, 1.54) is 25.7 Å². The molecule has 0 amide bonds. The Kier molecular flexibility index (Phi) is 3.53. The van der Waals surface area contributed by atoms with Gasteiger partial charge in [0.1, 0.15) is 0 Å². The van der Waals surface area contributed by atoms with Gasteiger partial charge in [-0.15, -0.1) is 0 Å². The molecule has 2 heteroatoms. The molecule has 12 heavy (non-hydrogen) atoms. The Labute approximate surface area is 75.7 Å². The molecule has 0 radical (unpaired) electrons. The summed E-state index contributed by atoms with van der Waals surface area (Å²) in [5, 5.41) is 3.50. The molecule has 1 fully saturated rings. The van der Waals surface area contributed by atoms with Gasteiger partial charge in [-0.3, -0.25) is 0 Å². The van der Waals surface area contributed by atoms with Crippen molar-refractivity contribution < 1.29 is 4.74 Å². The summed E-state index contributed by atoms with van der Waals surface area (Å²) in [5.74, 6) is 0. The van der Waals surface area contributed by atoms with Crippen molar-refractivity contribution in [2.45, 2.75) is 51.2 Å². The van der Waals surface area contributed by atoms with Crippen LogP contribution < -0.4 is 5.32 Å². The van der Waals surface area contributed by atoms with Crippen molar-refractivity contribution in [3.63, 3.8) is 0 Å². The first-order valence-electron chi connectivity index (χ1n) is 5.03. The lowest BCUT2D eigenvalue weighted by Gasteiger charge is -2.45. The van der Waals surface area contributed by atoms with Crippen molar-refractivity contribution in [3.05, 3.63) is 0 Å². The molecular weight excluding hydrogens is 150 g/mol.